The lowest BCUT2D eigenvalue weighted by Gasteiger charge is -2.30. The molecule has 1 aliphatic heterocycles. The summed E-state index contributed by atoms with van der Waals surface area (Å²) < 4.78 is 39.7. The minimum absolute atomic E-state index is 0.0492. The molecule has 3 rings (SSSR count). The smallest absolute Gasteiger partial charge is 0.261 e. The molecule has 2 aromatic carbocycles. The van der Waals surface area contributed by atoms with Crippen LogP contribution in [0.1, 0.15) is 24.2 Å². The van der Waals surface area contributed by atoms with Crippen LogP contribution in [0, 0.1) is 5.92 Å². The van der Waals surface area contributed by atoms with E-state index in [1.54, 1.807) is 31.2 Å². The van der Waals surface area contributed by atoms with E-state index in [0.717, 1.165) is 6.54 Å². The van der Waals surface area contributed by atoms with Gasteiger partial charge in [0.1, 0.15) is 12.4 Å². The lowest BCUT2D eigenvalue weighted by atomic mass is 10.0. The molecule has 0 saturated carbocycles. The predicted molar refractivity (Wildman–Crippen MR) is 129 cm³/mol. The molecule has 2 N–H and O–H groups in total. The molecule has 0 aromatic heterocycles. The second-order valence-electron chi connectivity index (χ2n) is 8.33. The third kappa shape index (κ3) is 6.38. The number of anilines is 1. The molecule has 0 bridgehead atoms. The van der Waals surface area contributed by atoms with Gasteiger partial charge in [-0.2, -0.15) is 0 Å². The van der Waals surface area contributed by atoms with E-state index < -0.39 is 10.0 Å². The molecule has 0 unspecified atom stereocenters. The lowest BCUT2D eigenvalue weighted by Crippen LogP contribution is -2.44. The molecular weight excluding hydrogens is 466 g/mol. The van der Waals surface area contributed by atoms with E-state index in [-0.39, 0.29) is 40.1 Å². The number of fused-ring (bicyclic) bond motifs is 1. The summed E-state index contributed by atoms with van der Waals surface area (Å²) in [7, 11) is -0.535. The van der Waals surface area contributed by atoms with Gasteiger partial charge in [-0.15, -0.1) is 0 Å². The van der Waals surface area contributed by atoms with Crippen LogP contribution in [0.25, 0.3) is 0 Å². The van der Waals surface area contributed by atoms with Crippen molar-refractivity contribution in [2.45, 2.75) is 30.9 Å². The molecule has 0 saturated heterocycles. The first-order chi connectivity index (χ1) is 15.6. The fourth-order valence-corrected chi connectivity index (χ4v) is 4.73. The zero-order chi connectivity index (χ0) is 24.2. The Morgan fingerprint density at radius 1 is 1.18 bits per heavy atom. The number of hydrogen-bond donors (Lipinski definition) is 2. The Balaban J connectivity index is 1.93. The number of carbonyl (C=O) groups excluding carboxylic acids is 1. The Morgan fingerprint density at radius 3 is 2.55 bits per heavy atom. The Bertz CT molecular complexity index is 1080. The molecule has 3 atom stereocenters. The van der Waals surface area contributed by atoms with Crippen molar-refractivity contribution in [3.63, 3.8) is 0 Å². The highest BCUT2D eigenvalue weighted by Gasteiger charge is 2.26. The van der Waals surface area contributed by atoms with Gasteiger partial charge in [0, 0.05) is 44.0 Å². The number of halogens is 1. The molecular formula is C23H30ClN3O5S. The molecule has 2 aromatic rings. The van der Waals surface area contributed by atoms with E-state index in [1.807, 2.05) is 6.92 Å². The van der Waals surface area contributed by atoms with Gasteiger partial charge >= 0.3 is 0 Å². The van der Waals surface area contributed by atoms with Gasteiger partial charge in [0.25, 0.3) is 15.9 Å². The van der Waals surface area contributed by atoms with Crippen LogP contribution < -0.4 is 14.8 Å². The largest absolute Gasteiger partial charge is 0.491 e. The summed E-state index contributed by atoms with van der Waals surface area (Å²) in [6.07, 6.45) is -0.158. The SMILES string of the molecule is CO[C@H]1CN(C)C(=O)c2cc(NS(=O)(=O)c3ccc(Cl)cc3)ccc2OC[C@H](C)NC[C@H]1C. The van der Waals surface area contributed by atoms with Gasteiger partial charge < -0.3 is 19.7 Å². The van der Waals surface area contributed by atoms with E-state index in [4.69, 9.17) is 21.1 Å². The first-order valence-corrected chi connectivity index (χ1v) is 12.5. The van der Waals surface area contributed by atoms with Crippen LogP contribution in [0.15, 0.2) is 47.4 Å². The molecule has 0 radical (unpaired) electrons. The predicted octanol–water partition coefficient (Wildman–Crippen LogP) is 3.23. The summed E-state index contributed by atoms with van der Waals surface area (Å²) in [6, 6.07) is 10.6. The van der Waals surface area contributed by atoms with Crippen molar-refractivity contribution in [2.24, 2.45) is 5.92 Å². The second-order valence-corrected chi connectivity index (χ2v) is 10.4. The number of carbonyl (C=O) groups is 1. The Kier molecular flexibility index (Phi) is 8.23. The molecule has 0 spiro atoms. The van der Waals surface area contributed by atoms with Crippen molar-refractivity contribution >= 4 is 33.2 Å². The summed E-state index contributed by atoms with van der Waals surface area (Å²) in [5.74, 6) is 0.273. The molecule has 8 nitrogen and oxygen atoms in total. The topological polar surface area (TPSA) is 97.0 Å². The van der Waals surface area contributed by atoms with Crippen molar-refractivity contribution in [2.75, 3.05) is 38.6 Å². The van der Waals surface area contributed by atoms with Gasteiger partial charge in [-0.1, -0.05) is 18.5 Å². The number of nitrogens with zero attached hydrogens (tertiary/aromatic N) is 1. The highest BCUT2D eigenvalue weighted by molar-refractivity contribution is 7.92. The zero-order valence-electron chi connectivity index (χ0n) is 19.2. The van der Waals surface area contributed by atoms with Crippen LogP contribution >= 0.6 is 11.6 Å². The highest BCUT2D eigenvalue weighted by Crippen LogP contribution is 2.27. The number of likely N-dealkylation sites (N-methyl/N-ethyl adjacent to an activating group) is 1. The van der Waals surface area contributed by atoms with Gasteiger partial charge in [-0.3, -0.25) is 9.52 Å². The number of benzene rings is 2. The van der Waals surface area contributed by atoms with Crippen LogP contribution in [0.2, 0.25) is 5.02 Å². The fourth-order valence-electron chi connectivity index (χ4n) is 3.55. The van der Waals surface area contributed by atoms with Gasteiger partial charge in [0.15, 0.2) is 0 Å². The quantitative estimate of drug-likeness (QED) is 0.676. The normalized spacial score (nSPS) is 22.5. The molecule has 33 heavy (non-hydrogen) atoms. The van der Waals surface area contributed by atoms with Crippen LogP contribution in [0.4, 0.5) is 5.69 Å². The molecule has 0 aliphatic carbocycles. The van der Waals surface area contributed by atoms with Gasteiger partial charge in [-0.25, -0.2) is 8.42 Å². The van der Waals surface area contributed by atoms with Crippen LogP contribution in [-0.2, 0) is 14.8 Å². The summed E-state index contributed by atoms with van der Waals surface area (Å²) in [4.78, 5) is 14.9. The molecule has 1 amide bonds. The highest BCUT2D eigenvalue weighted by atomic mass is 35.5. The number of ether oxygens (including phenoxy) is 2. The van der Waals surface area contributed by atoms with Crippen molar-refractivity contribution < 1.29 is 22.7 Å². The zero-order valence-corrected chi connectivity index (χ0v) is 20.7. The van der Waals surface area contributed by atoms with E-state index in [2.05, 4.69) is 17.0 Å². The Morgan fingerprint density at radius 2 is 1.88 bits per heavy atom. The summed E-state index contributed by atoms with van der Waals surface area (Å²) in [6.45, 7) is 5.53. The molecule has 0 fully saturated rings. The minimum Gasteiger partial charge on any atom is -0.491 e. The number of sulfonamides is 1. The van der Waals surface area contributed by atoms with Crippen molar-refractivity contribution in [1.82, 2.24) is 10.2 Å². The summed E-state index contributed by atoms with van der Waals surface area (Å²) in [5.41, 5.74) is 0.521. The maximum Gasteiger partial charge on any atom is 0.261 e. The average molecular weight is 496 g/mol. The number of hydrogen-bond acceptors (Lipinski definition) is 6. The summed E-state index contributed by atoms with van der Waals surface area (Å²) in [5, 5.41) is 3.86. The summed E-state index contributed by atoms with van der Waals surface area (Å²) >= 11 is 5.86. The maximum atomic E-state index is 13.3. The standard InChI is InChI=1S/C23H30ClN3O5S/c1-15-12-25-16(2)14-32-21-10-7-18(11-20(21)23(28)27(3)13-22(15)31-4)26-33(29,30)19-8-5-17(24)6-9-19/h5-11,15-16,22,25-26H,12-14H2,1-4H3/t15-,16+,22+/m1/s1. The second kappa shape index (κ2) is 10.7. The first-order valence-electron chi connectivity index (χ1n) is 10.7. The van der Waals surface area contributed by atoms with Crippen molar-refractivity contribution in [1.29, 1.82) is 0 Å². The van der Waals surface area contributed by atoms with E-state index in [9.17, 15) is 13.2 Å². The Hall–Kier alpha value is -2.33. The first kappa shape index (κ1) is 25.3. The third-order valence-corrected chi connectivity index (χ3v) is 7.25. The van der Waals surface area contributed by atoms with Gasteiger partial charge in [-0.05, 0) is 55.3 Å². The average Bonchev–Trinajstić information content (AvgIpc) is 2.78. The molecule has 1 heterocycles. The number of amides is 1. The van der Waals surface area contributed by atoms with Crippen molar-refractivity contribution in [3.05, 3.63) is 53.1 Å². The number of nitrogens with one attached hydrogen (secondary N) is 2. The Labute approximate surface area is 200 Å². The van der Waals surface area contributed by atoms with Crippen LogP contribution in [0.3, 0.4) is 0 Å². The lowest BCUT2D eigenvalue weighted by molar-refractivity contribution is 0.0281. The number of rotatable bonds is 4. The molecule has 180 valence electrons. The van der Waals surface area contributed by atoms with Gasteiger partial charge in [0.2, 0.25) is 0 Å². The monoisotopic (exact) mass is 495 g/mol. The molecule has 10 heteroatoms. The van der Waals surface area contributed by atoms with E-state index >= 15 is 0 Å². The van der Waals surface area contributed by atoms with E-state index in [0.29, 0.717) is 23.9 Å². The van der Waals surface area contributed by atoms with Crippen molar-refractivity contribution in [3.8, 4) is 5.75 Å². The third-order valence-electron chi connectivity index (χ3n) is 5.60. The maximum absolute atomic E-state index is 13.3. The van der Waals surface area contributed by atoms with Gasteiger partial charge in [0.05, 0.1) is 16.6 Å². The number of methoxy groups -OCH3 is 1. The van der Waals surface area contributed by atoms with Crippen LogP contribution in [-0.4, -0.2) is 65.2 Å². The minimum atomic E-state index is -3.86. The van der Waals surface area contributed by atoms with E-state index in [1.165, 1.54) is 30.3 Å². The fraction of sp³-hybridized carbons (Fsp3) is 0.435. The van der Waals surface area contributed by atoms with Crippen LogP contribution in [0.5, 0.6) is 5.75 Å². The molecule has 1 aliphatic rings.